The third-order valence-corrected chi connectivity index (χ3v) is 14.3. The number of fused-ring (bicyclic) bond motifs is 2. The van der Waals surface area contributed by atoms with Gasteiger partial charge in [0.15, 0.2) is 5.78 Å². The molecule has 87 heavy (non-hydrogen) atoms. The molecule has 6 aromatic heterocycles. The van der Waals surface area contributed by atoms with E-state index >= 15 is 0 Å². The number of nitrogens with zero attached hydrogens (tertiary/aromatic N) is 6. The Hall–Kier alpha value is -9.46. The van der Waals surface area contributed by atoms with Crippen LogP contribution in [0.1, 0.15) is 97.7 Å². The number of piperidine rings is 2. The SMILES string of the molecule is Cc1c(CCC(=O)/C=C/c2ccc(N)nc2)oc2c(C(F)(F)F)cc(-c3ccc(C(=O)N4CCC(F)(F)CC4)cn3)cc12.Cc1c(CN)oc2c(C(F)(F)F)cc(-c3ccc(C(=O)N4CCC(F)(F)CC4)cn3)cc12.Nc1ccc(/C=C/C(=O)O)cn1. The van der Waals surface area contributed by atoms with Gasteiger partial charge >= 0.3 is 18.3 Å². The highest BCUT2D eigenvalue weighted by Crippen LogP contribution is 2.43. The van der Waals surface area contributed by atoms with Crippen LogP contribution in [-0.2, 0) is 34.9 Å². The number of carboxylic acid groups (broad SMARTS) is 1. The molecule has 16 nitrogen and oxygen atoms in total. The van der Waals surface area contributed by atoms with Crippen LogP contribution in [0.3, 0.4) is 0 Å². The van der Waals surface area contributed by atoms with Gasteiger partial charge in [0.1, 0.15) is 34.3 Å². The van der Waals surface area contributed by atoms with Crippen molar-refractivity contribution in [2.45, 2.75) is 83.1 Å². The molecular weight excluding hydrogens is 1160 g/mol. The van der Waals surface area contributed by atoms with Gasteiger partial charge in [-0.3, -0.25) is 24.4 Å². The van der Waals surface area contributed by atoms with Crippen LogP contribution in [0.25, 0.3) is 56.6 Å². The van der Waals surface area contributed by atoms with E-state index in [1.54, 1.807) is 50.3 Å². The van der Waals surface area contributed by atoms with E-state index in [4.69, 9.17) is 31.1 Å². The van der Waals surface area contributed by atoms with Crippen molar-refractivity contribution in [2.75, 3.05) is 37.6 Å². The van der Waals surface area contributed by atoms with Gasteiger partial charge in [0, 0.05) is 117 Å². The van der Waals surface area contributed by atoms with Gasteiger partial charge in [-0.1, -0.05) is 0 Å². The van der Waals surface area contributed by atoms with Gasteiger partial charge in [0.25, 0.3) is 23.7 Å². The van der Waals surface area contributed by atoms with E-state index in [2.05, 4.69) is 19.9 Å². The lowest BCUT2D eigenvalue weighted by Gasteiger charge is -2.31. The summed E-state index contributed by atoms with van der Waals surface area (Å²) in [5.74, 6) is -6.42. The molecule has 8 heterocycles. The summed E-state index contributed by atoms with van der Waals surface area (Å²) >= 11 is 0. The number of alkyl halides is 10. The van der Waals surface area contributed by atoms with E-state index < -0.39 is 78.8 Å². The number of likely N-dealkylation sites (tertiary alicyclic amines) is 2. The molecule has 2 aliphatic rings. The summed E-state index contributed by atoms with van der Waals surface area (Å²) < 4.78 is 148. The molecule has 0 radical (unpaired) electrons. The molecule has 0 atom stereocenters. The third-order valence-electron chi connectivity index (χ3n) is 14.3. The number of anilines is 2. The highest BCUT2D eigenvalue weighted by Gasteiger charge is 2.39. The first kappa shape index (κ1) is 63.6. The number of nitrogen functional groups attached to an aromatic ring is 2. The summed E-state index contributed by atoms with van der Waals surface area (Å²) in [6.45, 7) is 2.90. The number of rotatable bonds is 12. The average molecular weight is 1220 g/mol. The highest BCUT2D eigenvalue weighted by molar-refractivity contribution is 5.97. The van der Waals surface area contributed by atoms with Crippen LogP contribution in [0.4, 0.5) is 55.5 Å². The molecule has 0 spiro atoms. The van der Waals surface area contributed by atoms with Crippen LogP contribution in [0.5, 0.6) is 0 Å². The smallest absolute Gasteiger partial charge is 0.420 e. The second kappa shape index (κ2) is 26.0. The molecule has 0 aliphatic carbocycles. The van der Waals surface area contributed by atoms with Gasteiger partial charge in [-0.05, 0) is 127 Å². The van der Waals surface area contributed by atoms with Crippen LogP contribution in [0.2, 0.25) is 0 Å². The van der Waals surface area contributed by atoms with Gasteiger partial charge in [0.05, 0.1) is 40.2 Å². The quantitative estimate of drug-likeness (QED) is 0.0656. The Morgan fingerprint density at radius 3 is 1.37 bits per heavy atom. The lowest BCUT2D eigenvalue weighted by atomic mass is 10.00. The zero-order chi connectivity index (χ0) is 63.2. The molecule has 0 unspecified atom stereocenters. The number of hydrogen-bond acceptors (Lipinski definition) is 13. The number of hydrogen-bond donors (Lipinski definition) is 4. The highest BCUT2D eigenvalue weighted by atomic mass is 19.4. The predicted molar refractivity (Wildman–Crippen MR) is 303 cm³/mol. The fraction of sp³-hybridized carbons (Fsp3) is 0.279. The van der Waals surface area contributed by atoms with Crippen molar-refractivity contribution in [3.05, 3.63) is 166 Å². The Morgan fingerprint density at radius 2 is 1.00 bits per heavy atom. The van der Waals surface area contributed by atoms with Gasteiger partial charge in [-0.15, -0.1) is 0 Å². The van der Waals surface area contributed by atoms with Crippen LogP contribution < -0.4 is 17.2 Å². The molecule has 8 aromatic rings. The molecule has 26 heteroatoms. The van der Waals surface area contributed by atoms with E-state index in [-0.39, 0.29) is 118 Å². The Balaban J connectivity index is 0.000000195. The number of carbonyl (C=O) groups excluding carboxylic acids is 3. The van der Waals surface area contributed by atoms with Crippen LogP contribution in [0, 0.1) is 13.8 Å². The average Bonchev–Trinajstić information content (AvgIpc) is 1.80. The molecule has 2 amide bonds. The van der Waals surface area contributed by atoms with E-state index in [9.17, 15) is 63.1 Å². The number of halogens is 10. The van der Waals surface area contributed by atoms with E-state index in [1.165, 1.54) is 77.1 Å². The number of carbonyl (C=O) groups is 4. The Morgan fingerprint density at radius 1 is 0.586 bits per heavy atom. The number of aliphatic carboxylic acids is 1. The molecule has 2 aromatic carbocycles. The molecule has 2 saturated heterocycles. The summed E-state index contributed by atoms with van der Waals surface area (Å²) in [4.78, 5) is 66.6. The minimum atomic E-state index is -4.74. The van der Waals surface area contributed by atoms with Crippen molar-refractivity contribution in [1.29, 1.82) is 0 Å². The predicted octanol–water partition coefficient (Wildman–Crippen LogP) is 12.8. The maximum absolute atomic E-state index is 14.1. The lowest BCUT2D eigenvalue weighted by molar-refractivity contribution is -0.137. The van der Waals surface area contributed by atoms with Gasteiger partial charge in [-0.25, -0.2) is 32.3 Å². The number of carboxylic acids is 1. The number of nitrogens with two attached hydrogens (primary N) is 3. The first-order valence-electron chi connectivity index (χ1n) is 26.8. The molecule has 456 valence electrons. The zero-order valence-electron chi connectivity index (χ0n) is 46.4. The first-order chi connectivity index (χ1) is 41.0. The van der Waals surface area contributed by atoms with Crippen molar-refractivity contribution >= 4 is 69.3 Å². The molecule has 2 aliphatic heterocycles. The molecule has 2 fully saturated rings. The summed E-state index contributed by atoms with van der Waals surface area (Å²) in [6.07, 6.45) is -0.0173. The van der Waals surface area contributed by atoms with Crippen molar-refractivity contribution in [3.8, 4) is 22.5 Å². The van der Waals surface area contributed by atoms with Crippen molar-refractivity contribution in [3.63, 3.8) is 0 Å². The van der Waals surface area contributed by atoms with Crippen molar-refractivity contribution in [1.82, 2.24) is 29.7 Å². The monoisotopic (exact) mass is 1220 g/mol. The van der Waals surface area contributed by atoms with E-state index in [0.717, 1.165) is 18.2 Å². The zero-order valence-corrected chi connectivity index (χ0v) is 46.4. The van der Waals surface area contributed by atoms with Crippen molar-refractivity contribution in [2.24, 2.45) is 5.73 Å². The molecular formula is C61H55F10N9O7. The second-order valence-electron chi connectivity index (χ2n) is 20.5. The Labute approximate surface area is 489 Å². The van der Waals surface area contributed by atoms with Crippen LogP contribution in [0.15, 0.2) is 119 Å². The summed E-state index contributed by atoms with van der Waals surface area (Å²) in [6, 6.07) is 17.3. The van der Waals surface area contributed by atoms with Crippen molar-refractivity contribution < 1.29 is 77.0 Å². The fourth-order valence-electron chi connectivity index (χ4n) is 9.41. The summed E-state index contributed by atoms with van der Waals surface area (Å²) in [7, 11) is 0. The normalized spacial score (nSPS) is 15.1. The standard InChI is InChI=1S/C31H27F5N4O3.C22H20F5N3O2.C8H8N2O2/c1-18-23-14-21(25-7-4-20(17-38-25)29(42)40-12-10-30(32,33)11-13-40)15-24(31(34,35)36)28(23)43-26(18)8-6-22(41)5-2-19-3-9-27(37)39-16-19;1-12-15-8-14(9-16(22(25,26)27)19(15)32-18(12)10-28)17-3-2-13(11-29-17)20(31)30-6-4-21(23,24)5-7-30;9-7-3-1-6(5-10-7)2-4-8(11)12/h2-5,7,9,14-17H,6,8,10-13H2,1H3,(H2,37,39);2-3,8-9,11H,4-7,10,28H2,1H3;1-5H,(H2,9,10)(H,11,12)/b5-2+;;4-2+. The summed E-state index contributed by atoms with van der Waals surface area (Å²) in [5.41, 5.74) is 17.4. The van der Waals surface area contributed by atoms with E-state index in [0.29, 0.717) is 33.9 Å². The number of benzene rings is 2. The van der Waals surface area contributed by atoms with Gasteiger partial charge < -0.3 is 40.9 Å². The molecule has 7 N–H and O–H groups in total. The second-order valence-corrected chi connectivity index (χ2v) is 20.5. The Kier molecular flexibility index (Phi) is 19.0. The molecule has 0 bridgehead atoms. The lowest BCUT2D eigenvalue weighted by Crippen LogP contribution is -2.42. The van der Waals surface area contributed by atoms with Gasteiger partial charge in [0.2, 0.25) is 0 Å². The number of aryl methyl sites for hydroxylation is 3. The number of allylic oxidation sites excluding steroid dienone is 1. The fourth-order valence-corrected chi connectivity index (χ4v) is 9.41. The minimum absolute atomic E-state index is 0.0134. The molecule has 0 saturated carbocycles. The summed E-state index contributed by atoms with van der Waals surface area (Å²) in [5, 5.41) is 8.81. The number of ketones is 1. The maximum Gasteiger partial charge on any atom is 0.420 e. The molecule has 10 rings (SSSR count). The first-order valence-corrected chi connectivity index (χ1v) is 26.8. The van der Waals surface area contributed by atoms with Gasteiger partial charge in [-0.2, -0.15) is 26.3 Å². The number of pyridine rings is 4. The number of aromatic nitrogens is 4. The minimum Gasteiger partial charge on any atom is -0.478 e. The Bertz CT molecular complexity index is 3860. The van der Waals surface area contributed by atoms with E-state index in [1.807, 2.05) is 0 Å². The van der Waals surface area contributed by atoms with Crippen LogP contribution >= 0.6 is 0 Å². The third kappa shape index (κ3) is 15.9. The largest absolute Gasteiger partial charge is 0.478 e. The maximum atomic E-state index is 14.1. The topological polar surface area (TPSA) is 251 Å². The number of furan rings is 2. The van der Waals surface area contributed by atoms with Crippen LogP contribution in [-0.4, -0.2) is 96.4 Å². The number of amides is 2.